The number of halogens is 2. The Morgan fingerprint density at radius 1 is 1.53 bits per heavy atom. The zero-order chi connectivity index (χ0) is 14.8. The van der Waals surface area contributed by atoms with Crippen molar-refractivity contribution < 1.29 is 22.0 Å². The van der Waals surface area contributed by atoms with Gasteiger partial charge in [-0.15, -0.1) is 11.3 Å². The van der Waals surface area contributed by atoms with Gasteiger partial charge in [-0.3, -0.25) is 4.79 Å². The number of thiophene rings is 1. The molecule has 3 N–H and O–H groups in total. The standard InChI is InChI=1S/C10H14F2N2O3S2/c1-10(2,13)5-14-8(15)7-6(3-4-18-7)19(16,17)9(11)12/h3-4,9H,5,13H2,1-2H3,(H,14,15). The molecule has 0 aliphatic rings. The first kappa shape index (κ1) is 16.0. The van der Waals surface area contributed by atoms with Crippen LogP contribution >= 0.6 is 11.3 Å². The van der Waals surface area contributed by atoms with Crippen molar-refractivity contribution >= 4 is 27.1 Å². The monoisotopic (exact) mass is 312 g/mol. The molecule has 0 radical (unpaired) electrons. The van der Waals surface area contributed by atoms with Gasteiger partial charge in [-0.25, -0.2) is 8.42 Å². The second-order valence-electron chi connectivity index (χ2n) is 4.59. The number of carbonyl (C=O) groups is 1. The molecule has 0 bridgehead atoms. The summed E-state index contributed by atoms with van der Waals surface area (Å²) in [6.45, 7) is 3.43. The summed E-state index contributed by atoms with van der Waals surface area (Å²) in [5, 5.41) is 3.69. The first-order valence-corrected chi connectivity index (χ1v) is 7.65. The van der Waals surface area contributed by atoms with Crippen molar-refractivity contribution in [2.45, 2.75) is 30.0 Å². The summed E-state index contributed by atoms with van der Waals surface area (Å²) in [5.74, 6) is -4.28. The van der Waals surface area contributed by atoms with Crippen LogP contribution in [-0.4, -0.2) is 32.2 Å². The number of alkyl halides is 2. The highest BCUT2D eigenvalue weighted by Crippen LogP contribution is 2.26. The Kier molecular flexibility index (Phi) is 4.64. The molecule has 9 heteroatoms. The lowest BCUT2D eigenvalue weighted by molar-refractivity contribution is 0.0947. The molecule has 0 aliphatic heterocycles. The molecule has 0 fully saturated rings. The van der Waals surface area contributed by atoms with Gasteiger partial charge >= 0.3 is 5.76 Å². The van der Waals surface area contributed by atoms with Crippen molar-refractivity contribution in [1.82, 2.24) is 5.32 Å². The predicted octanol–water partition coefficient (Wildman–Crippen LogP) is 1.21. The van der Waals surface area contributed by atoms with Gasteiger partial charge in [0.25, 0.3) is 5.91 Å². The zero-order valence-electron chi connectivity index (χ0n) is 10.3. The quantitative estimate of drug-likeness (QED) is 0.855. The average Bonchev–Trinajstić information content (AvgIpc) is 2.73. The lowest BCUT2D eigenvalue weighted by Gasteiger charge is -2.18. The van der Waals surface area contributed by atoms with Gasteiger partial charge in [0, 0.05) is 12.1 Å². The fourth-order valence-electron chi connectivity index (χ4n) is 1.17. The van der Waals surface area contributed by atoms with Gasteiger partial charge in [0.05, 0.1) is 4.90 Å². The van der Waals surface area contributed by atoms with Gasteiger partial charge in [-0.2, -0.15) is 8.78 Å². The zero-order valence-corrected chi connectivity index (χ0v) is 11.9. The smallest absolute Gasteiger partial charge is 0.341 e. The molecule has 0 atom stereocenters. The van der Waals surface area contributed by atoms with E-state index in [1.807, 2.05) is 0 Å². The summed E-state index contributed by atoms with van der Waals surface area (Å²) >= 11 is 0.787. The molecular weight excluding hydrogens is 298 g/mol. The fourth-order valence-corrected chi connectivity index (χ4v) is 3.25. The van der Waals surface area contributed by atoms with Crippen molar-refractivity contribution in [3.05, 3.63) is 16.3 Å². The molecule has 1 amide bonds. The van der Waals surface area contributed by atoms with E-state index in [0.717, 1.165) is 17.4 Å². The van der Waals surface area contributed by atoms with Crippen LogP contribution in [0.2, 0.25) is 0 Å². The van der Waals surface area contributed by atoms with E-state index in [2.05, 4.69) is 5.32 Å². The summed E-state index contributed by atoms with van der Waals surface area (Å²) < 4.78 is 47.7. The fraction of sp³-hybridized carbons (Fsp3) is 0.500. The number of rotatable bonds is 5. The molecule has 0 aliphatic carbocycles. The predicted molar refractivity (Wildman–Crippen MR) is 68.1 cm³/mol. The highest BCUT2D eigenvalue weighted by atomic mass is 32.2. The van der Waals surface area contributed by atoms with Crippen LogP contribution in [0.1, 0.15) is 23.5 Å². The van der Waals surface area contributed by atoms with Crippen molar-refractivity contribution in [2.75, 3.05) is 6.54 Å². The Morgan fingerprint density at radius 3 is 2.58 bits per heavy atom. The van der Waals surface area contributed by atoms with E-state index in [9.17, 15) is 22.0 Å². The first-order chi connectivity index (χ1) is 8.55. The van der Waals surface area contributed by atoms with Gasteiger partial charge in [0.15, 0.2) is 0 Å². The Balaban J connectivity index is 2.99. The molecule has 5 nitrogen and oxygen atoms in total. The Bertz CT molecular complexity index is 562. The van der Waals surface area contributed by atoms with E-state index >= 15 is 0 Å². The molecule has 1 aromatic heterocycles. The SMILES string of the molecule is CC(C)(N)CNC(=O)c1sccc1S(=O)(=O)C(F)F. The third-order valence-corrected chi connectivity index (χ3v) is 4.55. The second kappa shape index (κ2) is 5.51. The Labute approximate surface area is 113 Å². The maximum atomic E-state index is 12.5. The minimum Gasteiger partial charge on any atom is -0.349 e. The van der Waals surface area contributed by atoms with Gasteiger partial charge in [0.2, 0.25) is 9.84 Å². The molecular formula is C10H14F2N2O3S2. The van der Waals surface area contributed by atoms with Crippen LogP contribution in [0.15, 0.2) is 16.3 Å². The lowest BCUT2D eigenvalue weighted by atomic mass is 10.1. The van der Waals surface area contributed by atoms with Crippen molar-refractivity contribution in [3.63, 3.8) is 0 Å². The van der Waals surface area contributed by atoms with Crippen LogP contribution < -0.4 is 11.1 Å². The first-order valence-electron chi connectivity index (χ1n) is 5.22. The van der Waals surface area contributed by atoms with E-state index in [1.54, 1.807) is 13.8 Å². The molecule has 19 heavy (non-hydrogen) atoms. The molecule has 1 heterocycles. The lowest BCUT2D eigenvalue weighted by Crippen LogP contribution is -2.45. The molecule has 0 saturated heterocycles. The Morgan fingerprint density at radius 2 is 2.11 bits per heavy atom. The van der Waals surface area contributed by atoms with E-state index < -0.39 is 31.9 Å². The van der Waals surface area contributed by atoms with Crippen LogP contribution in [0.3, 0.4) is 0 Å². The van der Waals surface area contributed by atoms with Gasteiger partial charge < -0.3 is 11.1 Å². The van der Waals surface area contributed by atoms with Gasteiger partial charge in [-0.1, -0.05) is 0 Å². The van der Waals surface area contributed by atoms with E-state index in [-0.39, 0.29) is 11.4 Å². The average molecular weight is 312 g/mol. The number of nitrogens with one attached hydrogen (secondary N) is 1. The second-order valence-corrected chi connectivity index (χ2v) is 7.39. The third kappa shape index (κ3) is 3.95. The Hall–Kier alpha value is -1.06. The highest BCUT2D eigenvalue weighted by molar-refractivity contribution is 7.92. The topological polar surface area (TPSA) is 89.3 Å². The maximum absolute atomic E-state index is 12.5. The number of carbonyl (C=O) groups excluding carboxylic acids is 1. The number of nitrogens with two attached hydrogens (primary N) is 1. The minimum absolute atomic E-state index is 0.0951. The number of hydrogen-bond donors (Lipinski definition) is 2. The van der Waals surface area contributed by atoms with E-state index in [0.29, 0.717) is 0 Å². The van der Waals surface area contributed by atoms with E-state index in [1.165, 1.54) is 5.38 Å². The minimum atomic E-state index is -4.78. The van der Waals surface area contributed by atoms with Crippen LogP contribution in [-0.2, 0) is 9.84 Å². The summed E-state index contributed by atoms with van der Waals surface area (Å²) in [6, 6.07) is 0.995. The normalized spacial score (nSPS) is 12.7. The molecule has 0 unspecified atom stereocenters. The summed E-state index contributed by atoms with van der Waals surface area (Å²) in [4.78, 5) is 10.9. The van der Waals surface area contributed by atoms with Crippen LogP contribution in [0.5, 0.6) is 0 Å². The number of hydrogen-bond acceptors (Lipinski definition) is 5. The van der Waals surface area contributed by atoms with Crippen molar-refractivity contribution in [1.29, 1.82) is 0 Å². The summed E-state index contributed by atoms with van der Waals surface area (Å²) in [5.41, 5.74) is 4.97. The van der Waals surface area contributed by atoms with Crippen LogP contribution in [0.4, 0.5) is 8.78 Å². The van der Waals surface area contributed by atoms with Crippen LogP contribution in [0, 0.1) is 0 Å². The maximum Gasteiger partial charge on any atom is 0.341 e. The highest BCUT2D eigenvalue weighted by Gasteiger charge is 2.32. The number of amides is 1. The molecule has 1 aromatic rings. The molecule has 0 spiro atoms. The molecule has 0 aromatic carbocycles. The van der Waals surface area contributed by atoms with E-state index in [4.69, 9.17) is 5.73 Å². The number of sulfone groups is 1. The van der Waals surface area contributed by atoms with Crippen LogP contribution in [0.25, 0.3) is 0 Å². The third-order valence-electron chi connectivity index (χ3n) is 2.08. The summed E-state index contributed by atoms with van der Waals surface area (Å²) in [6.07, 6.45) is 0. The molecule has 0 saturated carbocycles. The van der Waals surface area contributed by atoms with Crippen molar-refractivity contribution in [2.24, 2.45) is 5.73 Å². The summed E-state index contributed by atoms with van der Waals surface area (Å²) in [7, 11) is -4.78. The van der Waals surface area contributed by atoms with Gasteiger partial charge in [0.1, 0.15) is 4.88 Å². The van der Waals surface area contributed by atoms with Gasteiger partial charge in [-0.05, 0) is 25.3 Å². The molecule has 1 rings (SSSR count). The van der Waals surface area contributed by atoms with Crippen molar-refractivity contribution in [3.8, 4) is 0 Å². The molecule has 108 valence electrons. The largest absolute Gasteiger partial charge is 0.349 e.